The van der Waals surface area contributed by atoms with E-state index >= 15 is 0 Å². The van der Waals surface area contributed by atoms with E-state index in [1.54, 1.807) is 0 Å². The average molecular weight is 343 g/mol. The Kier molecular flexibility index (Phi) is 6.48. The summed E-state index contributed by atoms with van der Waals surface area (Å²) in [5, 5.41) is 2.52. The number of halogens is 3. The minimum absolute atomic E-state index is 0.122. The highest BCUT2D eigenvalue weighted by Crippen LogP contribution is 2.35. The molecule has 0 spiro atoms. The molecule has 1 aromatic carbocycles. The third kappa shape index (κ3) is 5.70. The fourth-order valence-corrected chi connectivity index (χ4v) is 2.93. The molecule has 134 valence electrons. The van der Waals surface area contributed by atoms with Crippen LogP contribution in [-0.2, 0) is 11.0 Å². The maximum absolute atomic E-state index is 12.8. The van der Waals surface area contributed by atoms with Crippen LogP contribution in [0.3, 0.4) is 0 Å². The van der Waals surface area contributed by atoms with Gasteiger partial charge in [-0.3, -0.25) is 4.79 Å². The summed E-state index contributed by atoms with van der Waals surface area (Å²) < 4.78 is 38.4. The monoisotopic (exact) mass is 343 g/mol. The second kappa shape index (κ2) is 8.37. The number of amides is 1. The number of likely N-dealkylation sites (tertiary alicyclic amines) is 1. The van der Waals surface area contributed by atoms with Gasteiger partial charge < -0.3 is 16.0 Å². The summed E-state index contributed by atoms with van der Waals surface area (Å²) in [6, 6.07) is 3.43. The largest absolute Gasteiger partial charge is 0.418 e. The summed E-state index contributed by atoms with van der Waals surface area (Å²) in [5.41, 5.74) is 4.19. The summed E-state index contributed by atoms with van der Waals surface area (Å²) in [5.74, 6) is -0.275. The molecule has 0 atom stereocenters. The summed E-state index contributed by atoms with van der Waals surface area (Å²) in [4.78, 5) is 14.3. The van der Waals surface area contributed by atoms with Crippen molar-refractivity contribution in [2.45, 2.75) is 44.7 Å². The molecule has 1 heterocycles. The molecule has 0 saturated carbocycles. The average Bonchev–Trinajstić information content (AvgIpc) is 2.77. The molecule has 0 unspecified atom stereocenters. The quantitative estimate of drug-likeness (QED) is 0.798. The van der Waals surface area contributed by atoms with Crippen molar-refractivity contribution in [1.29, 1.82) is 0 Å². The van der Waals surface area contributed by atoms with Gasteiger partial charge in [-0.1, -0.05) is 12.8 Å². The highest BCUT2D eigenvalue weighted by Gasteiger charge is 2.33. The lowest BCUT2D eigenvalue weighted by atomic mass is 10.1. The molecule has 4 nitrogen and oxygen atoms in total. The summed E-state index contributed by atoms with van der Waals surface area (Å²) in [7, 11) is 0. The number of rotatable bonds is 5. The predicted octanol–water partition coefficient (Wildman–Crippen LogP) is 3.88. The van der Waals surface area contributed by atoms with Gasteiger partial charge in [0.2, 0.25) is 5.91 Å². The van der Waals surface area contributed by atoms with Crippen LogP contribution in [0.5, 0.6) is 0 Å². The van der Waals surface area contributed by atoms with Crippen LogP contribution in [0, 0.1) is 0 Å². The van der Waals surface area contributed by atoms with Crippen molar-refractivity contribution < 1.29 is 18.0 Å². The van der Waals surface area contributed by atoms with Gasteiger partial charge in [0.1, 0.15) is 0 Å². The molecular weight excluding hydrogens is 319 g/mol. The highest BCUT2D eigenvalue weighted by atomic mass is 19.4. The Morgan fingerprint density at radius 3 is 2.46 bits per heavy atom. The number of nitrogens with two attached hydrogens (primary N) is 1. The Morgan fingerprint density at radius 1 is 1.17 bits per heavy atom. The van der Waals surface area contributed by atoms with E-state index in [0.29, 0.717) is 12.8 Å². The van der Waals surface area contributed by atoms with E-state index in [1.807, 2.05) is 0 Å². The van der Waals surface area contributed by atoms with Crippen LogP contribution in [0.25, 0.3) is 0 Å². The van der Waals surface area contributed by atoms with Crippen molar-refractivity contribution in [2.24, 2.45) is 0 Å². The number of nitrogens with zero attached hydrogens (tertiary/aromatic N) is 1. The molecule has 1 aromatic rings. The van der Waals surface area contributed by atoms with Gasteiger partial charge >= 0.3 is 6.18 Å². The number of carbonyl (C=O) groups excluding carboxylic acids is 1. The smallest absolute Gasteiger partial charge is 0.398 e. The number of nitrogen functional groups attached to an aromatic ring is 1. The summed E-state index contributed by atoms with van der Waals surface area (Å²) in [6.07, 6.45) is 1.37. The van der Waals surface area contributed by atoms with Crippen LogP contribution in [0.4, 0.5) is 24.5 Å². The molecule has 0 aliphatic carbocycles. The zero-order chi connectivity index (χ0) is 17.6. The van der Waals surface area contributed by atoms with Crippen LogP contribution in [0.15, 0.2) is 18.2 Å². The first-order valence-electron chi connectivity index (χ1n) is 8.35. The molecule has 0 radical (unpaired) electrons. The molecule has 0 bridgehead atoms. The van der Waals surface area contributed by atoms with Gasteiger partial charge in [-0.2, -0.15) is 13.2 Å². The Balaban J connectivity index is 1.82. The SMILES string of the molecule is Nc1ccc(NC(=O)CCCN2CCCCCC2)cc1C(F)(F)F. The first kappa shape index (κ1) is 18.6. The number of benzene rings is 1. The highest BCUT2D eigenvalue weighted by molar-refractivity contribution is 5.91. The van der Waals surface area contributed by atoms with E-state index in [2.05, 4.69) is 10.2 Å². The molecule has 3 N–H and O–H groups in total. The maximum atomic E-state index is 12.8. The molecule has 2 rings (SSSR count). The van der Waals surface area contributed by atoms with Gasteiger partial charge in [0.05, 0.1) is 5.56 Å². The van der Waals surface area contributed by atoms with Crippen molar-refractivity contribution in [3.05, 3.63) is 23.8 Å². The molecule has 1 saturated heterocycles. The van der Waals surface area contributed by atoms with Gasteiger partial charge in [-0.15, -0.1) is 0 Å². The topological polar surface area (TPSA) is 58.4 Å². The van der Waals surface area contributed by atoms with Crippen molar-refractivity contribution in [3.8, 4) is 0 Å². The Labute approximate surface area is 140 Å². The van der Waals surface area contributed by atoms with Crippen molar-refractivity contribution in [2.75, 3.05) is 30.7 Å². The molecule has 24 heavy (non-hydrogen) atoms. The predicted molar refractivity (Wildman–Crippen MR) is 88.6 cm³/mol. The molecule has 1 fully saturated rings. The number of alkyl halides is 3. The van der Waals surface area contributed by atoms with E-state index in [0.717, 1.165) is 31.8 Å². The molecule has 7 heteroatoms. The van der Waals surface area contributed by atoms with E-state index in [4.69, 9.17) is 5.73 Å². The molecule has 1 aliphatic rings. The second-order valence-electron chi connectivity index (χ2n) is 6.21. The fourth-order valence-electron chi connectivity index (χ4n) is 2.93. The van der Waals surface area contributed by atoms with Crippen LogP contribution in [-0.4, -0.2) is 30.4 Å². The Morgan fingerprint density at radius 2 is 1.83 bits per heavy atom. The van der Waals surface area contributed by atoms with E-state index in [-0.39, 0.29) is 17.3 Å². The van der Waals surface area contributed by atoms with Crippen LogP contribution in [0.2, 0.25) is 0 Å². The molecule has 1 amide bonds. The standard InChI is InChI=1S/C17H24F3N3O/c18-17(19,20)14-12-13(7-8-15(14)21)22-16(24)6-5-11-23-9-3-1-2-4-10-23/h7-8,12H,1-6,9-11,21H2,(H,22,24). The van der Waals surface area contributed by atoms with Crippen molar-refractivity contribution in [3.63, 3.8) is 0 Å². The lowest BCUT2D eigenvalue weighted by Gasteiger charge is -2.19. The van der Waals surface area contributed by atoms with Crippen molar-refractivity contribution in [1.82, 2.24) is 4.90 Å². The van der Waals surface area contributed by atoms with Gasteiger partial charge in [-0.25, -0.2) is 0 Å². The van der Waals surface area contributed by atoms with Crippen LogP contribution in [0.1, 0.15) is 44.1 Å². The second-order valence-corrected chi connectivity index (χ2v) is 6.21. The maximum Gasteiger partial charge on any atom is 0.418 e. The first-order valence-corrected chi connectivity index (χ1v) is 8.35. The van der Waals surface area contributed by atoms with E-state index in [1.165, 1.54) is 31.7 Å². The number of carbonyl (C=O) groups is 1. The normalized spacial score (nSPS) is 16.6. The van der Waals surface area contributed by atoms with Gasteiger partial charge in [0.15, 0.2) is 0 Å². The minimum Gasteiger partial charge on any atom is -0.398 e. The van der Waals surface area contributed by atoms with Gasteiger partial charge in [-0.05, 0) is 57.1 Å². The Bertz CT molecular complexity index is 553. The minimum atomic E-state index is -4.53. The lowest BCUT2D eigenvalue weighted by molar-refractivity contribution is -0.136. The van der Waals surface area contributed by atoms with Crippen LogP contribution >= 0.6 is 0 Å². The zero-order valence-corrected chi connectivity index (χ0v) is 13.7. The lowest BCUT2D eigenvalue weighted by Crippen LogP contribution is -2.26. The summed E-state index contributed by atoms with van der Waals surface area (Å²) >= 11 is 0. The fraction of sp³-hybridized carbons (Fsp3) is 0.588. The van der Waals surface area contributed by atoms with E-state index < -0.39 is 11.7 Å². The number of anilines is 2. The number of hydrogen-bond acceptors (Lipinski definition) is 3. The van der Waals surface area contributed by atoms with Gasteiger partial charge in [0.25, 0.3) is 0 Å². The molecule has 1 aliphatic heterocycles. The van der Waals surface area contributed by atoms with Crippen molar-refractivity contribution >= 4 is 17.3 Å². The van der Waals surface area contributed by atoms with Crippen LogP contribution < -0.4 is 11.1 Å². The Hall–Kier alpha value is -1.76. The number of nitrogens with one attached hydrogen (secondary N) is 1. The number of hydrogen-bond donors (Lipinski definition) is 2. The molecule has 0 aromatic heterocycles. The zero-order valence-electron chi connectivity index (χ0n) is 13.7. The summed E-state index contributed by atoms with van der Waals surface area (Å²) in [6.45, 7) is 2.98. The third-order valence-corrected chi connectivity index (χ3v) is 4.22. The first-order chi connectivity index (χ1) is 11.4. The molecular formula is C17H24F3N3O. The van der Waals surface area contributed by atoms with E-state index in [9.17, 15) is 18.0 Å². The third-order valence-electron chi connectivity index (χ3n) is 4.22. The van der Waals surface area contributed by atoms with Gasteiger partial charge in [0, 0.05) is 17.8 Å².